The van der Waals surface area contributed by atoms with Crippen molar-refractivity contribution < 1.29 is 4.74 Å². The van der Waals surface area contributed by atoms with Gasteiger partial charge in [-0.05, 0) is 53.3 Å². The lowest BCUT2D eigenvalue weighted by molar-refractivity contribution is 0.445. The molecule has 1 aliphatic carbocycles. The Morgan fingerprint density at radius 2 is 1.13 bits per heavy atom. The van der Waals surface area contributed by atoms with E-state index in [2.05, 4.69) is 111 Å². The van der Waals surface area contributed by atoms with Crippen molar-refractivity contribution in [3.05, 3.63) is 130 Å². The molecule has 144 valence electrons. The number of ether oxygens (including phenoxy) is 1. The first-order valence-electron chi connectivity index (χ1n) is 10.5. The second-order valence-electron chi connectivity index (χ2n) is 8.23. The van der Waals surface area contributed by atoms with Gasteiger partial charge >= 0.3 is 0 Å². The van der Waals surface area contributed by atoms with Crippen LogP contribution >= 0.6 is 0 Å². The van der Waals surface area contributed by atoms with Gasteiger partial charge in [0.2, 0.25) is 0 Å². The fourth-order valence-corrected chi connectivity index (χ4v) is 5.27. The summed E-state index contributed by atoms with van der Waals surface area (Å²) in [4.78, 5) is 0. The van der Waals surface area contributed by atoms with Crippen LogP contribution in [0.15, 0.2) is 97.1 Å². The minimum Gasteiger partial charge on any atom is -0.456 e. The van der Waals surface area contributed by atoms with Gasteiger partial charge in [0.05, 0.1) is 5.41 Å². The Morgan fingerprint density at radius 3 is 1.77 bits per heavy atom. The maximum Gasteiger partial charge on any atom is 0.135 e. The van der Waals surface area contributed by atoms with Crippen LogP contribution in [0.3, 0.4) is 0 Å². The van der Waals surface area contributed by atoms with Crippen LogP contribution in [0.5, 0.6) is 11.5 Å². The fourth-order valence-electron chi connectivity index (χ4n) is 5.27. The van der Waals surface area contributed by atoms with Crippen molar-refractivity contribution in [2.75, 3.05) is 0 Å². The van der Waals surface area contributed by atoms with E-state index in [1.54, 1.807) is 0 Å². The van der Waals surface area contributed by atoms with E-state index in [-0.39, 0.29) is 5.41 Å². The highest BCUT2D eigenvalue weighted by molar-refractivity contribution is 6.23. The van der Waals surface area contributed by atoms with E-state index in [4.69, 9.17) is 4.74 Å². The Labute approximate surface area is 177 Å². The number of para-hydroxylation sites is 1. The third-order valence-electron chi connectivity index (χ3n) is 6.50. The molecule has 1 aliphatic heterocycles. The highest BCUT2D eigenvalue weighted by Crippen LogP contribution is 2.72. The zero-order valence-electron chi connectivity index (χ0n) is 17.1. The molecule has 1 nitrogen and oxygen atoms in total. The second-order valence-corrected chi connectivity index (χ2v) is 8.23. The van der Waals surface area contributed by atoms with E-state index < -0.39 is 0 Å². The first kappa shape index (κ1) is 17.3. The highest BCUT2D eigenvalue weighted by atomic mass is 16.5. The predicted molar refractivity (Wildman–Crippen MR) is 123 cm³/mol. The molecule has 0 saturated heterocycles. The zero-order valence-corrected chi connectivity index (χ0v) is 17.1. The van der Waals surface area contributed by atoms with Crippen LogP contribution in [0, 0.1) is 13.8 Å². The molecule has 0 saturated carbocycles. The van der Waals surface area contributed by atoms with Gasteiger partial charge in [-0.3, -0.25) is 0 Å². The Hall–Kier alpha value is -3.58. The Bertz CT molecular complexity index is 1260. The van der Waals surface area contributed by atoms with Crippen molar-refractivity contribution in [3.63, 3.8) is 0 Å². The summed E-state index contributed by atoms with van der Waals surface area (Å²) in [6.45, 7) is 4.34. The fraction of sp³-hybridized carbons (Fsp3) is 0.103. The summed E-state index contributed by atoms with van der Waals surface area (Å²) in [6.07, 6.45) is 0. The Kier molecular flexibility index (Phi) is 3.58. The van der Waals surface area contributed by atoms with Gasteiger partial charge in [-0.15, -0.1) is 0 Å². The quantitative estimate of drug-likeness (QED) is 0.351. The van der Waals surface area contributed by atoms with E-state index >= 15 is 0 Å². The summed E-state index contributed by atoms with van der Waals surface area (Å²) in [6, 6.07) is 34.6. The molecule has 2 aliphatic rings. The van der Waals surface area contributed by atoms with Crippen LogP contribution in [-0.2, 0) is 5.41 Å². The van der Waals surface area contributed by atoms with Gasteiger partial charge < -0.3 is 4.74 Å². The molecule has 0 radical (unpaired) electrons. The van der Waals surface area contributed by atoms with Crippen molar-refractivity contribution in [1.29, 1.82) is 0 Å². The van der Waals surface area contributed by atoms with Gasteiger partial charge in [0.15, 0.2) is 0 Å². The predicted octanol–water partition coefficient (Wildman–Crippen LogP) is 7.32. The molecule has 6 rings (SSSR count). The van der Waals surface area contributed by atoms with E-state index in [1.165, 1.54) is 44.5 Å². The maximum atomic E-state index is 6.51. The number of rotatable bonds is 2. The summed E-state index contributed by atoms with van der Waals surface area (Å²) in [5, 5.41) is 0. The lowest BCUT2D eigenvalue weighted by Crippen LogP contribution is -2.23. The van der Waals surface area contributed by atoms with Gasteiger partial charge in [-0.1, -0.05) is 91.0 Å². The van der Waals surface area contributed by atoms with Crippen LogP contribution in [-0.4, -0.2) is 0 Å². The molecule has 0 atom stereocenters. The number of aryl methyl sites for hydroxylation is 2. The van der Waals surface area contributed by atoms with Crippen LogP contribution < -0.4 is 4.74 Å². The number of fused-ring (bicyclic) bond motifs is 4. The average molecular weight is 386 g/mol. The molecule has 4 aromatic rings. The van der Waals surface area contributed by atoms with Gasteiger partial charge in [-0.25, -0.2) is 0 Å². The van der Waals surface area contributed by atoms with Crippen molar-refractivity contribution in [2.45, 2.75) is 19.3 Å². The van der Waals surface area contributed by atoms with Crippen molar-refractivity contribution in [1.82, 2.24) is 0 Å². The normalized spacial score (nSPS) is 15.4. The number of allylic oxidation sites excluding steroid dienone is 2. The Morgan fingerprint density at radius 1 is 0.567 bits per heavy atom. The smallest absolute Gasteiger partial charge is 0.135 e. The molecular formula is C29H22O. The molecular weight excluding hydrogens is 364 g/mol. The molecule has 30 heavy (non-hydrogen) atoms. The van der Waals surface area contributed by atoms with Gasteiger partial charge in [0.1, 0.15) is 11.5 Å². The summed E-state index contributed by atoms with van der Waals surface area (Å²) < 4.78 is 6.51. The van der Waals surface area contributed by atoms with E-state index in [0.29, 0.717) is 0 Å². The van der Waals surface area contributed by atoms with Gasteiger partial charge in [-0.2, -0.15) is 0 Å². The standard InChI is InChI=1S/C29H22O/c1-19-11-10-18-24-25(19)29(23-17-9-12-20(2)28(23)30-24)26(21-13-5-3-6-14-21)27(29)22-15-7-4-8-16-22/h3-18H,1-2H3. The largest absolute Gasteiger partial charge is 0.456 e. The van der Waals surface area contributed by atoms with Crippen LogP contribution in [0.1, 0.15) is 33.4 Å². The maximum absolute atomic E-state index is 6.51. The number of hydrogen-bond donors (Lipinski definition) is 0. The molecule has 0 amide bonds. The molecule has 1 heterocycles. The molecule has 0 fully saturated rings. The highest BCUT2D eigenvalue weighted by Gasteiger charge is 2.61. The summed E-state index contributed by atoms with van der Waals surface area (Å²) in [7, 11) is 0. The SMILES string of the molecule is Cc1cccc2c1Oc1cccc(C)c1C21C(c2ccccc2)=C1c1ccccc1. The van der Waals surface area contributed by atoms with Gasteiger partial charge in [0.25, 0.3) is 0 Å². The third-order valence-corrected chi connectivity index (χ3v) is 6.50. The van der Waals surface area contributed by atoms with Gasteiger partial charge in [0, 0.05) is 11.1 Å². The van der Waals surface area contributed by atoms with E-state index in [0.717, 1.165) is 11.5 Å². The number of hydrogen-bond acceptors (Lipinski definition) is 1. The minimum atomic E-state index is -0.275. The summed E-state index contributed by atoms with van der Waals surface area (Å²) in [5.41, 5.74) is 10.0. The minimum absolute atomic E-state index is 0.275. The monoisotopic (exact) mass is 386 g/mol. The van der Waals surface area contributed by atoms with Crippen LogP contribution in [0.2, 0.25) is 0 Å². The topological polar surface area (TPSA) is 9.23 Å². The third kappa shape index (κ3) is 2.18. The summed E-state index contributed by atoms with van der Waals surface area (Å²) >= 11 is 0. The molecule has 1 heteroatoms. The van der Waals surface area contributed by atoms with E-state index in [9.17, 15) is 0 Å². The molecule has 1 spiro atoms. The van der Waals surface area contributed by atoms with Crippen molar-refractivity contribution in [3.8, 4) is 11.5 Å². The van der Waals surface area contributed by atoms with Crippen molar-refractivity contribution in [2.24, 2.45) is 0 Å². The average Bonchev–Trinajstić information content (AvgIpc) is 3.45. The molecule has 0 unspecified atom stereocenters. The molecule has 0 aromatic heterocycles. The second kappa shape index (κ2) is 6.21. The molecule has 4 aromatic carbocycles. The van der Waals surface area contributed by atoms with E-state index in [1.807, 2.05) is 0 Å². The molecule has 0 bridgehead atoms. The van der Waals surface area contributed by atoms with Crippen LogP contribution in [0.25, 0.3) is 11.1 Å². The van der Waals surface area contributed by atoms with Crippen molar-refractivity contribution >= 4 is 11.1 Å². The number of benzene rings is 4. The molecule has 0 N–H and O–H groups in total. The lowest BCUT2D eigenvalue weighted by atomic mass is 9.74. The lowest BCUT2D eigenvalue weighted by Gasteiger charge is -2.33. The Balaban J connectivity index is 1.73. The summed E-state index contributed by atoms with van der Waals surface area (Å²) in [5.74, 6) is 1.96. The zero-order chi connectivity index (χ0) is 20.3. The first-order chi connectivity index (χ1) is 14.7. The first-order valence-corrected chi connectivity index (χ1v) is 10.5. The van der Waals surface area contributed by atoms with Crippen LogP contribution in [0.4, 0.5) is 0 Å².